The minimum Gasteiger partial charge on any atom is -0.465 e. The number of ether oxygens (including phenoxy) is 1. The van der Waals surface area contributed by atoms with Crippen LogP contribution in [0.4, 0.5) is 0 Å². The van der Waals surface area contributed by atoms with Crippen LogP contribution >= 0.6 is 11.8 Å². The highest BCUT2D eigenvalue weighted by atomic mass is 32.2. The number of aromatic amines is 1. The van der Waals surface area contributed by atoms with E-state index in [4.69, 9.17) is 9.26 Å². The summed E-state index contributed by atoms with van der Waals surface area (Å²) in [6.45, 7) is 1.65. The van der Waals surface area contributed by atoms with E-state index in [1.807, 2.05) is 0 Å². The van der Waals surface area contributed by atoms with E-state index in [-0.39, 0.29) is 5.56 Å². The lowest BCUT2D eigenvalue weighted by Crippen LogP contribution is -2.19. The molecule has 0 radical (unpaired) electrons. The minimum atomic E-state index is -0.518. The number of thioether (sulfide) groups is 1. The number of aryl methyl sites for hydroxylation is 2. The van der Waals surface area contributed by atoms with Crippen LogP contribution in [0.3, 0.4) is 0 Å². The van der Waals surface area contributed by atoms with Crippen LogP contribution in [0, 0.1) is 6.92 Å². The van der Waals surface area contributed by atoms with Gasteiger partial charge in [-0.3, -0.25) is 0 Å². The average Bonchev–Trinajstić information content (AvgIpc) is 2.95. The number of carbonyl (C=O) groups is 1. The van der Waals surface area contributed by atoms with Crippen molar-refractivity contribution in [3.63, 3.8) is 0 Å². The summed E-state index contributed by atoms with van der Waals surface area (Å²) in [4.78, 5) is 30.0. The van der Waals surface area contributed by atoms with Crippen LogP contribution in [0.1, 0.15) is 45.9 Å². The molecular weight excluding hydrogens is 318 g/mol. The molecule has 3 rings (SSSR count). The number of esters is 1. The van der Waals surface area contributed by atoms with Crippen LogP contribution < -0.4 is 5.69 Å². The topological polar surface area (TPSA) is 98.1 Å². The molecule has 8 heteroatoms. The van der Waals surface area contributed by atoms with Crippen LogP contribution in [-0.2, 0) is 23.3 Å². The molecule has 0 saturated heterocycles. The van der Waals surface area contributed by atoms with Crippen molar-refractivity contribution in [3.05, 3.63) is 38.8 Å². The van der Waals surface area contributed by atoms with Gasteiger partial charge in [-0.2, -0.15) is 4.98 Å². The summed E-state index contributed by atoms with van der Waals surface area (Å²) in [6, 6.07) is 0. The average molecular weight is 335 g/mol. The van der Waals surface area contributed by atoms with Crippen molar-refractivity contribution >= 4 is 17.7 Å². The molecular formula is C15H17N3O4S. The number of rotatable bonds is 4. The molecule has 1 aliphatic rings. The Morgan fingerprint density at radius 2 is 2.17 bits per heavy atom. The molecule has 0 unspecified atom stereocenters. The normalized spacial score (nSPS) is 13.7. The SMILES string of the molecule is COC(=O)c1c(SCc2noc3c2CCCC3)nc(=O)[nH]c1C. The Hall–Kier alpha value is -2.09. The molecule has 0 bridgehead atoms. The Morgan fingerprint density at radius 1 is 1.39 bits per heavy atom. The van der Waals surface area contributed by atoms with Gasteiger partial charge in [0.15, 0.2) is 0 Å². The maximum absolute atomic E-state index is 11.9. The van der Waals surface area contributed by atoms with Gasteiger partial charge < -0.3 is 14.2 Å². The molecule has 0 fully saturated rings. The summed E-state index contributed by atoms with van der Waals surface area (Å²) >= 11 is 1.30. The Labute approximate surface area is 136 Å². The lowest BCUT2D eigenvalue weighted by atomic mass is 9.97. The summed E-state index contributed by atoms with van der Waals surface area (Å²) in [7, 11) is 1.30. The molecule has 0 saturated carbocycles. The van der Waals surface area contributed by atoms with Crippen LogP contribution in [0.15, 0.2) is 14.3 Å². The van der Waals surface area contributed by atoms with Gasteiger partial charge in [0.25, 0.3) is 0 Å². The maximum Gasteiger partial charge on any atom is 0.346 e. The number of methoxy groups -OCH3 is 1. The van der Waals surface area contributed by atoms with E-state index in [0.717, 1.165) is 42.7 Å². The van der Waals surface area contributed by atoms with Crippen LogP contribution in [0.2, 0.25) is 0 Å². The molecule has 23 heavy (non-hydrogen) atoms. The van der Waals surface area contributed by atoms with Gasteiger partial charge in [-0.05, 0) is 26.2 Å². The number of aromatic nitrogens is 3. The zero-order valence-corrected chi connectivity index (χ0v) is 13.8. The largest absolute Gasteiger partial charge is 0.465 e. The molecule has 7 nitrogen and oxygen atoms in total. The first-order valence-corrected chi connectivity index (χ1v) is 8.37. The van der Waals surface area contributed by atoms with Gasteiger partial charge >= 0.3 is 11.7 Å². The van der Waals surface area contributed by atoms with Gasteiger partial charge in [0, 0.05) is 23.4 Å². The first-order valence-electron chi connectivity index (χ1n) is 7.38. The van der Waals surface area contributed by atoms with Gasteiger partial charge in [-0.15, -0.1) is 0 Å². The molecule has 0 atom stereocenters. The summed E-state index contributed by atoms with van der Waals surface area (Å²) < 4.78 is 10.2. The lowest BCUT2D eigenvalue weighted by Gasteiger charge is -2.10. The van der Waals surface area contributed by atoms with Crippen molar-refractivity contribution in [2.75, 3.05) is 7.11 Å². The first-order chi connectivity index (χ1) is 11.1. The lowest BCUT2D eigenvalue weighted by molar-refractivity contribution is 0.0594. The second-order valence-electron chi connectivity index (χ2n) is 5.37. The molecule has 1 N–H and O–H groups in total. The van der Waals surface area contributed by atoms with Gasteiger partial charge in [-0.25, -0.2) is 9.59 Å². The number of carbonyl (C=O) groups excluding carboxylic acids is 1. The van der Waals surface area contributed by atoms with Crippen molar-refractivity contribution in [1.29, 1.82) is 0 Å². The molecule has 2 aromatic heterocycles. The number of hydrogen-bond donors (Lipinski definition) is 1. The molecule has 2 heterocycles. The highest BCUT2D eigenvalue weighted by molar-refractivity contribution is 7.98. The number of H-pyrrole nitrogens is 1. The van der Waals surface area contributed by atoms with E-state index in [1.54, 1.807) is 6.92 Å². The molecule has 2 aromatic rings. The predicted octanol–water partition coefficient (Wildman–Crippen LogP) is 2.02. The number of fused-ring (bicyclic) bond motifs is 1. The van der Waals surface area contributed by atoms with E-state index in [1.165, 1.54) is 18.9 Å². The van der Waals surface area contributed by atoms with Crippen LogP contribution in [0.25, 0.3) is 0 Å². The zero-order valence-electron chi connectivity index (χ0n) is 13.0. The van der Waals surface area contributed by atoms with Crippen LogP contribution in [0.5, 0.6) is 0 Å². The van der Waals surface area contributed by atoms with E-state index in [9.17, 15) is 9.59 Å². The smallest absolute Gasteiger partial charge is 0.346 e. The van der Waals surface area contributed by atoms with E-state index >= 15 is 0 Å². The van der Waals surface area contributed by atoms with Crippen molar-refractivity contribution < 1.29 is 14.1 Å². The van der Waals surface area contributed by atoms with Crippen molar-refractivity contribution in [3.8, 4) is 0 Å². The molecule has 0 amide bonds. The Morgan fingerprint density at radius 3 is 2.96 bits per heavy atom. The Kier molecular flexibility index (Phi) is 4.51. The first kappa shape index (κ1) is 15.8. The van der Waals surface area contributed by atoms with E-state index < -0.39 is 11.7 Å². The van der Waals surface area contributed by atoms with Gasteiger partial charge in [0.2, 0.25) is 0 Å². The van der Waals surface area contributed by atoms with E-state index in [0.29, 0.717) is 16.5 Å². The summed E-state index contributed by atoms with van der Waals surface area (Å²) in [5, 5.41) is 4.48. The third kappa shape index (κ3) is 3.17. The fourth-order valence-corrected chi connectivity index (χ4v) is 3.73. The van der Waals surface area contributed by atoms with Crippen LogP contribution in [-0.4, -0.2) is 28.2 Å². The second kappa shape index (κ2) is 6.57. The maximum atomic E-state index is 11.9. The number of hydrogen-bond acceptors (Lipinski definition) is 7. The van der Waals surface area contributed by atoms with E-state index in [2.05, 4.69) is 15.1 Å². The summed E-state index contributed by atoms with van der Waals surface area (Å²) in [6.07, 6.45) is 4.13. The summed E-state index contributed by atoms with van der Waals surface area (Å²) in [5.74, 6) is 0.935. The molecule has 0 aliphatic heterocycles. The molecule has 0 aromatic carbocycles. The molecule has 0 spiro atoms. The van der Waals surface area contributed by atoms with Gasteiger partial charge in [0.05, 0.1) is 12.8 Å². The van der Waals surface area contributed by atoms with Crippen molar-refractivity contribution in [2.24, 2.45) is 0 Å². The quantitative estimate of drug-likeness (QED) is 0.518. The third-order valence-corrected chi connectivity index (χ3v) is 4.84. The Balaban J connectivity index is 1.87. The number of nitrogens with zero attached hydrogens (tertiary/aromatic N) is 2. The fourth-order valence-electron chi connectivity index (χ4n) is 2.71. The highest BCUT2D eigenvalue weighted by Gasteiger charge is 2.22. The zero-order chi connectivity index (χ0) is 16.4. The van der Waals surface area contributed by atoms with Crippen molar-refractivity contribution in [1.82, 2.24) is 15.1 Å². The Bertz CT molecular complexity index is 797. The van der Waals surface area contributed by atoms with Crippen molar-refractivity contribution in [2.45, 2.75) is 43.4 Å². The molecule has 122 valence electrons. The van der Waals surface area contributed by atoms with Gasteiger partial charge in [0.1, 0.15) is 16.3 Å². The van der Waals surface area contributed by atoms with Gasteiger partial charge in [-0.1, -0.05) is 16.9 Å². The highest BCUT2D eigenvalue weighted by Crippen LogP contribution is 2.30. The fraction of sp³-hybridized carbons (Fsp3) is 0.467. The third-order valence-electron chi connectivity index (χ3n) is 3.85. The summed E-state index contributed by atoms with van der Waals surface area (Å²) in [5.41, 5.74) is 2.26. The number of nitrogens with one attached hydrogen (secondary N) is 1. The standard InChI is InChI=1S/C15H17N3O4S/c1-8-12(14(19)21-2)13(17-15(20)16-8)23-7-10-9-5-3-4-6-11(9)22-18-10/h3-7H2,1-2H3,(H,16,17,20). The monoisotopic (exact) mass is 335 g/mol. The predicted molar refractivity (Wildman–Crippen MR) is 83.6 cm³/mol. The second-order valence-corrected chi connectivity index (χ2v) is 6.33. The minimum absolute atomic E-state index is 0.287. The molecule has 1 aliphatic carbocycles.